The van der Waals surface area contributed by atoms with Gasteiger partial charge in [0.25, 0.3) is 0 Å². The van der Waals surface area contributed by atoms with E-state index < -0.39 is 0 Å². The number of hydrogen-bond donors (Lipinski definition) is 0. The van der Waals surface area contributed by atoms with Gasteiger partial charge in [-0.15, -0.1) is 11.3 Å². The standard InChI is InChI=1S/C12H17NO2S/c1-7-4-5-15-12(7)10(14)6-11-13-8(2)9(3)16-11/h7,12H,4-6H2,1-3H3. The second-order valence-corrected chi connectivity index (χ2v) is 5.74. The molecule has 1 aromatic rings. The highest BCUT2D eigenvalue weighted by Gasteiger charge is 2.31. The summed E-state index contributed by atoms with van der Waals surface area (Å²) >= 11 is 1.62. The predicted molar refractivity (Wildman–Crippen MR) is 63.8 cm³/mol. The van der Waals surface area contributed by atoms with E-state index in [0.29, 0.717) is 18.9 Å². The average molecular weight is 239 g/mol. The molecule has 88 valence electrons. The maximum Gasteiger partial charge on any atom is 0.168 e. The van der Waals surface area contributed by atoms with Gasteiger partial charge < -0.3 is 4.74 Å². The number of aromatic nitrogens is 1. The Bertz CT molecular complexity index is 380. The fourth-order valence-electron chi connectivity index (χ4n) is 1.97. The van der Waals surface area contributed by atoms with Crippen molar-refractivity contribution in [2.24, 2.45) is 5.92 Å². The minimum Gasteiger partial charge on any atom is -0.370 e. The second-order valence-electron chi connectivity index (χ2n) is 4.45. The highest BCUT2D eigenvalue weighted by atomic mass is 32.1. The summed E-state index contributed by atoms with van der Waals surface area (Å²) in [5.41, 5.74) is 1.04. The first kappa shape index (κ1) is 11.7. The zero-order chi connectivity index (χ0) is 11.7. The van der Waals surface area contributed by atoms with Crippen LogP contribution in [0.25, 0.3) is 0 Å². The van der Waals surface area contributed by atoms with E-state index in [1.54, 1.807) is 11.3 Å². The highest BCUT2D eigenvalue weighted by molar-refractivity contribution is 7.11. The Kier molecular flexibility index (Phi) is 3.40. The van der Waals surface area contributed by atoms with Crippen LogP contribution in [0.15, 0.2) is 0 Å². The van der Waals surface area contributed by atoms with Crippen molar-refractivity contribution in [2.75, 3.05) is 6.61 Å². The molecule has 1 aliphatic rings. The van der Waals surface area contributed by atoms with Gasteiger partial charge in [0.05, 0.1) is 12.1 Å². The number of carbonyl (C=O) groups excluding carboxylic acids is 1. The first-order chi connectivity index (χ1) is 7.58. The first-order valence-electron chi connectivity index (χ1n) is 5.65. The van der Waals surface area contributed by atoms with Gasteiger partial charge in [0.15, 0.2) is 5.78 Å². The van der Waals surface area contributed by atoms with Gasteiger partial charge in [-0.2, -0.15) is 0 Å². The predicted octanol–water partition coefficient (Wildman–Crippen LogP) is 2.30. The fourth-order valence-corrected chi connectivity index (χ4v) is 2.92. The summed E-state index contributed by atoms with van der Waals surface area (Å²) in [5.74, 6) is 0.536. The van der Waals surface area contributed by atoms with Crippen molar-refractivity contribution in [3.05, 3.63) is 15.6 Å². The normalized spacial score (nSPS) is 24.9. The summed E-state index contributed by atoms with van der Waals surface area (Å²) in [6.45, 7) is 6.81. The molecule has 0 aliphatic carbocycles. The van der Waals surface area contributed by atoms with Gasteiger partial charge >= 0.3 is 0 Å². The minimum atomic E-state index is -0.204. The molecule has 3 nitrogen and oxygen atoms in total. The van der Waals surface area contributed by atoms with Crippen molar-refractivity contribution in [1.82, 2.24) is 4.98 Å². The average Bonchev–Trinajstić information content (AvgIpc) is 2.74. The molecule has 0 saturated carbocycles. The molecule has 0 radical (unpaired) electrons. The summed E-state index contributed by atoms with van der Waals surface area (Å²) in [6, 6.07) is 0. The van der Waals surface area contributed by atoms with Crippen molar-refractivity contribution in [1.29, 1.82) is 0 Å². The Morgan fingerprint density at radius 1 is 1.56 bits per heavy atom. The van der Waals surface area contributed by atoms with Crippen LogP contribution in [-0.2, 0) is 16.0 Å². The van der Waals surface area contributed by atoms with Crippen LogP contribution in [0.5, 0.6) is 0 Å². The monoisotopic (exact) mass is 239 g/mol. The van der Waals surface area contributed by atoms with Crippen molar-refractivity contribution in [3.63, 3.8) is 0 Å². The van der Waals surface area contributed by atoms with Crippen molar-refractivity contribution in [3.8, 4) is 0 Å². The molecule has 4 heteroatoms. The summed E-state index contributed by atoms with van der Waals surface area (Å²) in [7, 11) is 0. The molecule has 1 fully saturated rings. The van der Waals surface area contributed by atoms with E-state index in [9.17, 15) is 4.79 Å². The third kappa shape index (κ3) is 2.33. The number of rotatable bonds is 3. The van der Waals surface area contributed by atoms with E-state index in [0.717, 1.165) is 17.1 Å². The molecule has 2 unspecified atom stereocenters. The SMILES string of the molecule is Cc1nc(CC(=O)C2OCCC2C)sc1C. The largest absolute Gasteiger partial charge is 0.370 e. The molecule has 2 rings (SSSR count). The minimum absolute atomic E-state index is 0.179. The summed E-state index contributed by atoms with van der Waals surface area (Å²) in [5, 5.41) is 0.919. The Morgan fingerprint density at radius 2 is 2.31 bits per heavy atom. The Morgan fingerprint density at radius 3 is 2.81 bits per heavy atom. The third-order valence-electron chi connectivity index (χ3n) is 3.10. The number of Topliss-reactive ketones (excluding diaryl/α,β-unsaturated/α-hetero) is 1. The maximum atomic E-state index is 12.0. The second kappa shape index (κ2) is 4.63. The molecule has 1 aliphatic heterocycles. The van der Waals surface area contributed by atoms with E-state index in [2.05, 4.69) is 11.9 Å². The number of ketones is 1. The van der Waals surface area contributed by atoms with Crippen LogP contribution in [0.1, 0.15) is 28.9 Å². The van der Waals surface area contributed by atoms with Gasteiger partial charge in [0.2, 0.25) is 0 Å². The third-order valence-corrected chi connectivity index (χ3v) is 4.18. The summed E-state index contributed by atoms with van der Waals surface area (Å²) < 4.78 is 5.46. The van der Waals surface area contributed by atoms with Gasteiger partial charge in [-0.3, -0.25) is 4.79 Å². The number of aryl methyl sites for hydroxylation is 2. The molecule has 0 amide bonds. The van der Waals surface area contributed by atoms with Crippen molar-refractivity contribution < 1.29 is 9.53 Å². The molecule has 0 N–H and O–H groups in total. The van der Waals surface area contributed by atoms with Crippen LogP contribution in [-0.4, -0.2) is 23.5 Å². The lowest BCUT2D eigenvalue weighted by Crippen LogP contribution is -2.26. The lowest BCUT2D eigenvalue weighted by Gasteiger charge is -2.11. The lowest BCUT2D eigenvalue weighted by atomic mass is 9.99. The zero-order valence-corrected chi connectivity index (χ0v) is 10.8. The fraction of sp³-hybridized carbons (Fsp3) is 0.667. The van der Waals surface area contributed by atoms with E-state index in [-0.39, 0.29) is 11.9 Å². The van der Waals surface area contributed by atoms with Gasteiger partial charge in [-0.25, -0.2) is 4.98 Å². The van der Waals surface area contributed by atoms with Crippen molar-refractivity contribution >= 4 is 17.1 Å². The Balaban J connectivity index is 2.01. The quantitative estimate of drug-likeness (QED) is 0.812. The Labute approximate surface area is 99.8 Å². The molecule has 2 heterocycles. The van der Waals surface area contributed by atoms with Gasteiger partial charge in [0.1, 0.15) is 11.1 Å². The Hall–Kier alpha value is -0.740. The van der Waals surface area contributed by atoms with E-state index in [1.165, 1.54) is 4.88 Å². The lowest BCUT2D eigenvalue weighted by molar-refractivity contribution is -0.128. The van der Waals surface area contributed by atoms with Crippen LogP contribution < -0.4 is 0 Å². The number of ether oxygens (including phenoxy) is 1. The van der Waals surface area contributed by atoms with Crippen LogP contribution in [0.3, 0.4) is 0 Å². The highest BCUT2D eigenvalue weighted by Crippen LogP contribution is 2.23. The molecular formula is C12H17NO2S. The molecular weight excluding hydrogens is 222 g/mol. The van der Waals surface area contributed by atoms with Gasteiger partial charge in [0, 0.05) is 11.5 Å². The van der Waals surface area contributed by atoms with Crippen LogP contribution in [0.2, 0.25) is 0 Å². The van der Waals surface area contributed by atoms with Crippen LogP contribution >= 0.6 is 11.3 Å². The number of nitrogens with zero attached hydrogens (tertiary/aromatic N) is 1. The van der Waals surface area contributed by atoms with Crippen molar-refractivity contribution in [2.45, 2.75) is 39.7 Å². The molecule has 16 heavy (non-hydrogen) atoms. The molecule has 0 aromatic carbocycles. The van der Waals surface area contributed by atoms with Crippen LogP contribution in [0, 0.1) is 19.8 Å². The van der Waals surface area contributed by atoms with E-state index in [4.69, 9.17) is 4.74 Å². The molecule has 2 atom stereocenters. The summed E-state index contributed by atoms with van der Waals surface area (Å²) in [4.78, 5) is 17.6. The number of thiazole rings is 1. The molecule has 1 aromatic heterocycles. The van der Waals surface area contributed by atoms with Crippen LogP contribution in [0.4, 0.5) is 0 Å². The maximum absolute atomic E-state index is 12.0. The van der Waals surface area contributed by atoms with E-state index in [1.807, 2.05) is 13.8 Å². The smallest absolute Gasteiger partial charge is 0.168 e. The number of carbonyl (C=O) groups is 1. The van der Waals surface area contributed by atoms with E-state index >= 15 is 0 Å². The molecule has 1 saturated heterocycles. The molecule has 0 bridgehead atoms. The van der Waals surface area contributed by atoms with Gasteiger partial charge in [-0.05, 0) is 26.2 Å². The zero-order valence-electron chi connectivity index (χ0n) is 9.95. The number of hydrogen-bond acceptors (Lipinski definition) is 4. The topological polar surface area (TPSA) is 39.2 Å². The first-order valence-corrected chi connectivity index (χ1v) is 6.47. The summed E-state index contributed by atoms with van der Waals surface area (Å²) in [6.07, 6.45) is 1.21. The molecule has 0 spiro atoms. The van der Waals surface area contributed by atoms with Gasteiger partial charge in [-0.1, -0.05) is 6.92 Å².